The highest BCUT2D eigenvalue weighted by atomic mass is 16.4. The second-order valence-electron chi connectivity index (χ2n) is 4.96. The number of amides is 2. The van der Waals surface area contributed by atoms with Gasteiger partial charge in [-0.25, -0.2) is 4.79 Å². The average molecular weight is 266 g/mol. The van der Waals surface area contributed by atoms with Gasteiger partial charge < -0.3 is 15.3 Å². The molecular formula is C12H18N4O3. The first kappa shape index (κ1) is 13.4. The molecule has 19 heavy (non-hydrogen) atoms. The quantitative estimate of drug-likeness (QED) is 0.749. The van der Waals surface area contributed by atoms with E-state index < -0.39 is 5.97 Å². The largest absolute Gasteiger partial charge is 0.480 e. The van der Waals surface area contributed by atoms with Gasteiger partial charge in [-0.3, -0.25) is 9.89 Å². The fourth-order valence-corrected chi connectivity index (χ4v) is 1.92. The molecule has 2 rings (SSSR count). The van der Waals surface area contributed by atoms with Crippen LogP contribution >= 0.6 is 0 Å². The molecule has 1 aliphatic carbocycles. The third-order valence-electron chi connectivity index (χ3n) is 3.15. The maximum Gasteiger partial charge on any atom is 0.323 e. The van der Waals surface area contributed by atoms with Gasteiger partial charge in [-0.2, -0.15) is 5.10 Å². The first-order valence-electron chi connectivity index (χ1n) is 6.26. The number of nitrogens with zero attached hydrogens (tertiary/aromatic N) is 2. The Hall–Kier alpha value is -2.05. The number of hydrogen-bond acceptors (Lipinski definition) is 3. The van der Waals surface area contributed by atoms with Crippen LogP contribution < -0.4 is 5.32 Å². The van der Waals surface area contributed by atoms with E-state index >= 15 is 0 Å². The van der Waals surface area contributed by atoms with Gasteiger partial charge in [0.25, 0.3) is 0 Å². The van der Waals surface area contributed by atoms with E-state index in [1.54, 1.807) is 13.8 Å². The van der Waals surface area contributed by atoms with Crippen LogP contribution in [0.3, 0.4) is 0 Å². The Labute approximate surface area is 111 Å². The van der Waals surface area contributed by atoms with Crippen molar-refractivity contribution in [2.45, 2.75) is 26.7 Å². The smallest absolute Gasteiger partial charge is 0.323 e. The summed E-state index contributed by atoms with van der Waals surface area (Å²) in [7, 11) is 0. The molecule has 0 atom stereocenters. The molecule has 1 heterocycles. The molecule has 1 saturated carbocycles. The van der Waals surface area contributed by atoms with Gasteiger partial charge in [0.1, 0.15) is 6.54 Å². The SMILES string of the molecule is Cc1n[nH]c(C)c1NC(=O)N(CC(=O)O)CC1CC1. The molecule has 7 nitrogen and oxygen atoms in total. The lowest BCUT2D eigenvalue weighted by Gasteiger charge is -2.21. The minimum atomic E-state index is -1.00. The third-order valence-corrected chi connectivity index (χ3v) is 3.15. The number of carbonyl (C=O) groups excluding carboxylic acids is 1. The van der Waals surface area contributed by atoms with E-state index in [9.17, 15) is 9.59 Å². The highest BCUT2D eigenvalue weighted by Crippen LogP contribution is 2.30. The zero-order chi connectivity index (χ0) is 14.0. The van der Waals surface area contributed by atoms with E-state index in [-0.39, 0.29) is 12.6 Å². The number of aromatic amines is 1. The number of urea groups is 1. The van der Waals surface area contributed by atoms with Crippen LogP contribution in [0.2, 0.25) is 0 Å². The van der Waals surface area contributed by atoms with E-state index in [4.69, 9.17) is 5.11 Å². The third kappa shape index (κ3) is 3.46. The molecule has 0 radical (unpaired) electrons. The van der Waals surface area contributed by atoms with Gasteiger partial charge in [0.05, 0.1) is 17.1 Å². The summed E-state index contributed by atoms with van der Waals surface area (Å²) in [6.45, 7) is 3.80. The van der Waals surface area contributed by atoms with Crippen molar-refractivity contribution < 1.29 is 14.7 Å². The number of H-pyrrole nitrogens is 1. The normalized spacial score (nSPS) is 14.2. The second kappa shape index (κ2) is 5.29. The fraction of sp³-hybridized carbons (Fsp3) is 0.583. The second-order valence-corrected chi connectivity index (χ2v) is 4.96. The van der Waals surface area contributed by atoms with Gasteiger partial charge in [0.15, 0.2) is 0 Å². The molecule has 1 aromatic rings. The van der Waals surface area contributed by atoms with Crippen molar-refractivity contribution in [3.05, 3.63) is 11.4 Å². The number of hydrogen-bond donors (Lipinski definition) is 3. The molecule has 0 unspecified atom stereocenters. The number of aryl methyl sites for hydroxylation is 2. The highest BCUT2D eigenvalue weighted by molar-refractivity contribution is 5.92. The van der Waals surface area contributed by atoms with Gasteiger partial charge >= 0.3 is 12.0 Å². The number of anilines is 1. The van der Waals surface area contributed by atoms with Crippen LogP contribution in [-0.4, -0.2) is 45.3 Å². The summed E-state index contributed by atoms with van der Waals surface area (Å²) in [4.78, 5) is 24.3. The minimum absolute atomic E-state index is 0.279. The van der Waals surface area contributed by atoms with Crippen LogP contribution in [0.25, 0.3) is 0 Å². The maximum absolute atomic E-state index is 12.1. The zero-order valence-electron chi connectivity index (χ0n) is 11.1. The molecular weight excluding hydrogens is 248 g/mol. The number of carboxylic acid groups (broad SMARTS) is 1. The molecule has 0 aromatic carbocycles. The Bertz CT molecular complexity index is 474. The van der Waals surface area contributed by atoms with E-state index in [0.717, 1.165) is 18.5 Å². The monoisotopic (exact) mass is 266 g/mol. The highest BCUT2D eigenvalue weighted by Gasteiger charge is 2.28. The Morgan fingerprint density at radius 1 is 1.47 bits per heavy atom. The van der Waals surface area contributed by atoms with Crippen LogP contribution in [-0.2, 0) is 4.79 Å². The number of rotatable bonds is 5. The average Bonchev–Trinajstić information content (AvgIpc) is 3.09. The first-order chi connectivity index (χ1) is 8.97. The molecule has 1 aromatic heterocycles. The van der Waals surface area contributed by atoms with Crippen molar-refractivity contribution >= 4 is 17.7 Å². The topological polar surface area (TPSA) is 98.3 Å². The van der Waals surface area contributed by atoms with Crippen LogP contribution in [0, 0.1) is 19.8 Å². The van der Waals surface area contributed by atoms with Crippen LogP contribution in [0.15, 0.2) is 0 Å². The summed E-state index contributed by atoms with van der Waals surface area (Å²) in [6.07, 6.45) is 2.13. The lowest BCUT2D eigenvalue weighted by molar-refractivity contribution is -0.137. The standard InChI is InChI=1S/C12H18N4O3/c1-7-11(8(2)15-14-7)13-12(19)16(6-10(17)18)5-9-3-4-9/h9H,3-6H2,1-2H3,(H,13,19)(H,14,15)(H,17,18). The van der Waals surface area contributed by atoms with Crippen LogP contribution in [0.5, 0.6) is 0 Å². The molecule has 104 valence electrons. The van der Waals surface area contributed by atoms with Gasteiger partial charge in [0, 0.05) is 6.54 Å². The Kier molecular flexibility index (Phi) is 3.73. The van der Waals surface area contributed by atoms with Gasteiger partial charge in [0.2, 0.25) is 0 Å². The summed E-state index contributed by atoms with van der Waals surface area (Å²) < 4.78 is 0. The maximum atomic E-state index is 12.1. The predicted molar refractivity (Wildman–Crippen MR) is 69.0 cm³/mol. The van der Waals surface area contributed by atoms with Crippen molar-refractivity contribution in [2.75, 3.05) is 18.4 Å². The van der Waals surface area contributed by atoms with Crippen molar-refractivity contribution in [3.63, 3.8) is 0 Å². The lowest BCUT2D eigenvalue weighted by Crippen LogP contribution is -2.40. The van der Waals surface area contributed by atoms with Gasteiger partial charge in [-0.1, -0.05) is 0 Å². The number of carboxylic acids is 1. The number of nitrogens with one attached hydrogen (secondary N) is 2. The molecule has 2 amide bonds. The molecule has 1 fully saturated rings. The Balaban J connectivity index is 2.03. The predicted octanol–water partition coefficient (Wildman–Crippen LogP) is 1.36. The number of carbonyl (C=O) groups is 2. The van der Waals surface area contributed by atoms with Crippen molar-refractivity contribution in [2.24, 2.45) is 5.92 Å². The van der Waals surface area contributed by atoms with Gasteiger partial charge in [-0.15, -0.1) is 0 Å². The lowest BCUT2D eigenvalue weighted by atomic mass is 10.3. The minimum Gasteiger partial charge on any atom is -0.480 e. The molecule has 1 aliphatic rings. The Morgan fingerprint density at radius 2 is 2.16 bits per heavy atom. The molecule has 0 spiro atoms. The van der Waals surface area contributed by atoms with Crippen molar-refractivity contribution in [3.8, 4) is 0 Å². The molecule has 7 heteroatoms. The number of aliphatic carboxylic acids is 1. The molecule has 0 aliphatic heterocycles. The fourth-order valence-electron chi connectivity index (χ4n) is 1.92. The van der Waals surface area contributed by atoms with Gasteiger partial charge in [-0.05, 0) is 32.6 Å². The summed E-state index contributed by atoms with van der Waals surface area (Å²) >= 11 is 0. The van der Waals surface area contributed by atoms with Crippen molar-refractivity contribution in [1.29, 1.82) is 0 Å². The number of aromatic nitrogens is 2. The van der Waals surface area contributed by atoms with E-state index in [0.29, 0.717) is 23.8 Å². The van der Waals surface area contributed by atoms with Crippen LogP contribution in [0.1, 0.15) is 24.2 Å². The zero-order valence-corrected chi connectivity index (χ0v) is 11.1. The molecule has 0 saturated heterocycles. The molecule has 3 N–H and O–H groups in total. The first-order valence-corrected chi connectivity index (χ1v) is 6.26. The van der Waals surface area contributed by atoms with E-state index in [1.165, 1.54) is 4.90 Å². The van der Waals surface area contributed by atoms with E-state index in [1.807, 2.05) is 0 Å². The summed E-state index contributed by atoms with van der Waals surface area (Å²) in [6, 6.07) is -0.387. The summed E-state index contributed by atoms with van der Waals surface area (Å²) in [5.41, 5.74) is 2.07. The van der Waals surface area contributed by atoms with E-state index in [2.05, 4.69) is 15.5 Å². The summed E-state index contributed by atoms with van der Waals surface area (Å²) in [5, 5.41) is 18.4. The van der Waals surface area contributed by atoms with Crippen molar-refractivity contribution in [1.82, 2.24) is 15.1 Å². The van der Waals surface area contributed by atoms with Crippen LogP contribution in [0.4, 0.5) is 10.5 Å². The molecule has 0 bridgehead atoms. The summed E-state index contributed by atoms with van der Waals surface area (Å²) in [5.74, 6) is -0.562. The Morgan fingerprint density at radius 3 is 2.63 bits per heavy atom.